The molecule has 1 unspecified atom stereocenters. The Balaban J connectivity index is 2.21. The maximum absolute atomic E-state index is 12.2. The van der Waals surface area contributed by atoms with E-state index in [9.17, 15) is 22.8 Å². The predicted molar refractivity (Wildman–Crippen MR) is 69.5 cm³/mol. The van der Waals surface area contributed by atoms with Crippen molar-refractivity contribution in [2.75, 3.05) is 7.05 Å². The number of hydrogen-bond acceptors (Lipinski definition) is 3. The average Bonchev–Trinajstić information content (AvgIpc) is 2.41. The van der Waals surface area contributed by atoms with Gasteiger partial charge in [0, 0.05) is 25.1 Å². The molecule has 2 rings (SSSR count). The van der Waals surface area contributed by atoms with Crippen LogP contribution in [0.3, 0.4) is 0 Å². The van der Waals surface area contributed by atoms with Crippen LogP contribution in [0.2, 0.25) is 0 Å². The lowest BCUT2D eigenvalue weighted by Gasteiger charge is -2.24. The molecule has 0 bridgehead atoms. The molecule has 0 spiro atoms. The molecule has 1 heterocycles. The molecule has 1 aromatic carbocycles. The minimum absolute atomic E-state index is 0.107. The smallest absolute Gasteiger partial charge is 0.324 e. The first-order chi connectivity index (χ1) is 9.69. The third-order valence-electron chi connectivity index (χ3n) is 3.55. The van der Waals surface area contributed by atoms with Crippen LogP contribution in [0.1, 0.15) is 40.4 Å². The van der Waals surface area contributed by atoms with E-state index in [4.69, 9.17) is 5.73 Å². The average molecular weight is 300 g/mol. The highest BCUT2D eigenvalue weighted by Crippen LogP contribution is 2.28. The molecule has 7 heteroatoms. The number of nitrogens with two attached hydrogens (primary N) is 1. The summed E-state index contributed by atoms with van der Waals surface area (Å²) in [5, 5.41) is 0. The molecule has 1 aliphatic rings. The topological polar surface area (TPSA) is 63.4 Å². The number of fused-ring (bicyclic) bond motifs is 1. The summed E-state index contributed by atoms with van der Waals surface area (Å²) in [6.45, 7) is 0. The van der Waals surface area contributed by atoms with Crippen LogP contribution in [0.5, 0.6) is 0 Å². The van der Waals surface area contributed by atoms with Crippen LogP contribution in [0.4, 0.5) is 13.2 Å². The Hall–Kier alpha value is -1.89. The first-order valence-electron chi connectivity index (χ1n) is 6.45. The summed E-state index contributed by atoms with van der Waals surface area (Å²) in [5.41, 5.74) is 7.13. The van der Waals surface area contributed by atoms with E-state index in [0.717, 1.165) is 4.90 Å². The molecule has 0 saturated carbocycles. The Bertz CT molecular complexity index is 584. The second-order valence-corrected chi connectivity index (χ2v) is 5.11. The van der Waals surface area contributed by atoms with Gasteiger partial charge in [-0.2, -0.15) is 13.2 Å². The van der Waals surface area contributed by atoms with Crippen LogP contribution in [-0.2, 0) is 11.2 Å². The summed E-state index contributed by atoms with van der Waals surface area (Å²) >= 11 is 0. The van der Waals surface area contributed by atoms with Gasteiger partial charge >= 0.3 is 6.18 Å². The number of nitrogens with zero attached hydrogens (tertiary/aromatic N) is 1. The van der Waals surface area contributed by atoms with Crippen molar-refractivity contribution in [3.05, 3.63) is 34.9 Å². The number of carbonyl (C=O) groups excluding carboxylic acids is 2. The standard InChI is InChI=1S/C14H15F3N2O2/c1-19-12(20)7-8-2-3-9(6-10(8)13(19)21)11(18)4-5-14(15,16)17/h2-3,6,11H,4-5,7,18H2,1H3. The molecule has 21 heavy (non-hydrogen) atoms. The Morgan fingerprint density at radius 1 is 1.33 bits per heavy atom. The zero-order valence-corrected chi connectivity index (χ0v) is 11.4. The highest BCUT2D eigenvalue weighted by molar-refractivity contribution is 6.09. The zero-order valence-electron chi connectivity index (χ0n) is 11.4. The van der Waals surface area contributed by atoms with E-state index in [1.165, 1.54) is 13.1 Å². The Morgan fingerprint density at radius 2 is 2.00 bits per heavy atom. The molecule has 2 N–H and O–H groups in total. The van der Waals surface area contributed by atoms with E-state index >= 15 is 0 Å². The number of hydrogen-bond donors (Lipinski definition) is 1. The molecule has 0 aromatic heterocycles. The van der Waals surface area contributed by atoms with Gasteiger partial charge in [-0.25, -0.2) is 0 Å². The van der Waals surface area contributed by atoms with Gasteiger partial charge in [0.1, 0.15) is 0 Å². The first-order valence-corrected chi connectivity index (χ1v) is 6.45. The minimum atomic E-state index is -4.26. The second kappa shape index (κ2) is 5.48. The van der Waals surface area contributed by atoms with E-state index in [-0.39, 0.29) is 18.7 Å². The summed E-state index contributed by atoms with van der Waals surface area (Å²) in [6, 6.07) is 3.85. The van der Waals surface area contributed by atoms with Crippen LogP contribution in [0.15, 0.2) is 18.2 Å². The number of halogens is 3. The van der Waals surface area contributed by atoms with Gasteiger partial charge in [-0.05, 0) is 23.6 Å². The number of amides is 2. The number of benzene rings is 1. The summed E-state index contributed by atoms with van der Waals surface area (Å²) in [7, 11) is 1.38. The Morgan fingerprint density at radius 3 is 2.62 bits per heavy atom. The minimum Gasteiger partial charge on any atom is -0.324 e. The number of carbonyl (C=O) groups is 2. The molecular weight excluding hydrogens is 285 g/mol. The second-order valence-electron chi connectivity index (χ2n) is 5.11. The quantitative estimate of drug-likeness (QED) is 0.870. The molecule has 0 radical (unpaired) electrons. The SMILES string of the molecule is CN1C(=O)Cc2ccc(C(N)CCC(F)(F)F)cc2C1=O. The third-order valence-corrected chi connectivity index (χ3v) is 3.55. The summed E-state index contributed by atoms with van der Waals surface area (Å²) in [5.74, 6) is -0.757. The molecular formula is C14H15F3N2O2. The summed E-state index contributed by atoms with van der Waals surface area (Å²) in [4.78, 5) is 24.6. The predicted octanol–water partition coefficient (Wildman–Crippen LogP) is 2.18. The van der Waals surface area contributed by atoms with Crippen LogP contribution < -0.4 is 5.73 Å². The van der Waals surface area contributed by atoms with Crippen LogP contribution in [0, 0.1) is 0 Å². The molecule has 0 fully saturated rings. The van der Waals surface area contributed by atoms with Crippen molar-refractivity contribution in [1.82, 2.24) is 4.90 Å². The molecule has 1 atom stereocenters. The summed E-state index contributed by atoms with van der Waals surface area (Å²) in [6.07, 6.45) is -5.37. The third kappa shape index (κ3) is 3.41. The summed E-state index contributed by atoms with van der Waals surface area (Å²) < 4.78 is 36.6. The van der Waals surface area contributed by atoms with Crippen LogP contribution in [-0.4, -0.2) is 29.9 Å². The van der Waals surface area contributed by atoms with Gasteiger partial charge in [0.2, 0.25) is 5.91 Å². The van der Waals surface area contributed by atoms with E-state index in [1.807, 2.05) is 0 Å². The van der Waals surface area contributed by atoms with Crippen LogP contribution >= 0.6 is 0 Å². The van der Waals surface area contributed by atoms with Gasteiger partial charge in [-0.3, -0.25) is 14.5 Å². The maximum atomic E-state index is 12.2. The van der Waals surface area contributed by atoms with E-state index in [0.29, 0.717) is 16.7 Å². The van der Waals surface area contributed by atoms with Crippen molar-refractivity contribution in [2.45, 2.75) is 31.5 Å². The molecule has 4 nitrogen and oxygen atoms in total. The lowest BCUT2D eigenvalue weighted by molar-refractivity contribution is -0.136. The normalized spacial score (nSPS) is 16.9. The molecule has 0 aliphatic carbocycles. The van der Waals surface area contributed by atoms with Crippen molar-refractivity contribution in [2.24, 2.45) is 5.73 Å². The molecule has 1 aliphatic heterocycles. The number of alkyl halides is 3. The monoisotopic (exact) mass is 300 g/mol. The largest absolute Gasteiger partial charge is 0.389 e. The van der Waals surface area contributed by atoms with Crippen molar-refractivity contribution in [3.63, 3.8) is 0 Å². The Kier molecular flexibility index (Phi) is 4.04. The highest BCUT2D eigenvalue weighted by Gasteiger charge is 2.30. The Labute approximate surface area is 119 Å². The van der Waals surface area contributed by atoms with Gasteiger partial charge in [0.15, 0.2) is 0 Å². The number of rotatable bonds is 3. The van der Waals surface area contributed by atoms with Gasteiger partial charge in [0.25, 0.3) is 5.91 Å². The molecule has 0 saturated heterocycles. The number of imide groups is 1. The van der Waals surface area contributed by atoms with Gasteiger partial charge in [0.05, 0.1) is 6.42 Å². The van der Waals surface area contributed by atoms with Crippen molar-refractivity contribution in [1.29, 1.82) is 0 Å². The van der Waals surface area contributed by atoms with Crippen molar-refractivity contribution in [3.8, 4) is 0 Å². The maximum Gasteiger partial charge on any atom is 0.389 e. The fourth-order valence-corrected chi connectivity index (χ4v) is 2.24. The van der Waals surface area contributed by atoms with E-state index < -0.39 is 24.5 Å². The molecule has 1 aromatic rings. The fourth-order valence-electron chi connectivity index (χ4n) is 2.24. The van der Waals surface area contributed by atoms with Crippen molar-refractivity contribution < 1.29 is 22.8 Å². The van der Waals surface area contributed by atoms with E-state index in [2.05, 4.69) is 0 Å². The van der Waals surface area contributed by atoms with Gasteiger partial charge < -0.3 is 5.73 Å². The first kappa shape index (κ1) is 15.5. The van der Waals surface area contributed by atoms with Gasteiger partial charge in [-0.1, -0.05) is 12.1 Å². The van der Waals surface area contributed by atoms with Crippen molar-refractivity contribution >= 4 is 11.8 Å². The molecule has 114 valence electrons. The zero-order chi connectivity index (χ0) is 15.8. The van der Waals surface area contributed by atoms with Crippen LogP contribution in [0.25, 0.3) is 0 Å². The lowest BCUT2D eigenvalue weighted by Crippen LogP contribution is -2.39. The highest BCUT2D eigenvalue weighted by atomic mass is 19.4. The van der Waals surface area contributed by atoms with E-state index in [1.54, 1.807) is 12.1 Å². The fraction of sp³-hybridized carbons (Fsp3) is 0.429. The lowest BCUT2D eigenvalue weighted by atomic mass is 9.93. The number of likely N-dealkylation sites (N-methyl/N-ethyl adjacent to an activating group) is 1. The van der Waals surface area contributed by atoms with Gasteiger partial charge in [-0.15, -0.1) is 0 Å². The molecule has 2 amide bonds.